The van der Waals surface area contributed by atoms with Crippen LogP contribution in [0, 0.1) is 28.6 Å². The van der Waals surface area contributed by atoms with E-state index < -0.39 is 0 Å². The molecule has 0 aromatic rings. The molecule has 0 bridgehead atoms. The van der Waals surface area contributed by atoms with E-state index in [1.807, 2.05) is 13.8 Å². The summed E-state index contributed by atoms with van der Waals surface area (Å²) in [4.78, 5) is 2.58. The quantitative estimate of drug-likeness (QED) is 0.667. The van der Waals surface area contributed by atoms with Crippen LogP contribution in [0.3, 0.4) is 0 Å². The zero-order valence-corrected chi connectivity index (χ0v) is 11.3. The third kappa shape index (κ3) is 4.14. The summed E-state index contributed by atoms with van der Waals surface area (Å²) in [5, 5.41) is 8.91. The number of nitriles is 1. The fourth-order valence-corrected chi connectivity index (χ4v) is 2.39. The molecule has 0 radical (unpaired) electrons. The van der Waals surface area contributed by atoms with Crippen molar-refractivity contribution in [2.45, 2.75) is 47.0 Å². The lowest BCUT2D eigenvalue weighted by atomic mass is 9.89. The molecule has 2 nitrogen and oxygen atoms in total. The summed E-state index contributed by atoms with van der Waals surface area (Å²) in [6.45, 7) is 12.5. The lowest BCUT2D eigenvalue weighted by molar-refractivity contribution is 0.305. The van der Waals surface area contributed by atoms with Crippen LogP contribution in [0.25, 0.3) is 0 Å². The summed E-state index contributed by atoms with van der Waals surface area (Å²) in [7, 11) is 0. The van der Waals surface area contributed by atoms with Gasteiger partial charge in [-0.3, -0.25) is 0 Å². The van der Waals surface area contributed by atoms with E-state index in [0.717, 1.165) is 18.3 Å². The van der Waals surface area contributed by atoms with Gasteiger partial charge in [-0.2, -0.15) is 5.26 Å². The molecule has 0 N–H and O–H groups in total. The Bertz CT molecular complexity index is 242. The summed E-state index contributed by atoms with van der Waals surface area (Å²) in [5.41, 5.74) is -0.133. The zero-order valence-electron chi connectivity index (χ0n) is 11.3. The highest BCUT2D eigenvalue weighted by molar-refractivity contribution is 4.91. The van der Waals surface area contributed by atoms with Gasteiger partial charge in [0.2, 0.25) is 0 Å². The molecule has 2 atom stereocenters. The van der Waals surface area contributed by atoms with Crippen molar-refractivity contribution in [1.29, 1.82) is 5.26 Å². The minimum absolute atomic E-state index is 0.133. The van der Waals surface area contributed by atoms with Gasteiger partial charge >= 0.3 is 0 Å². The number of rotatable bonds is 5. The van der Waals surface area contributed by atoms with Crippen LogP contribution in [-0.4, -0.2) is 24.5 Å². The largest absolute Gasteiger partial charge is 0.303 e. The van der Waals surface area contributed by atoms with Gasteiger partial charge in [-0.25, -0.2) is 0 Å². The van der Waals surface area contributed by atoms with Crippen LogP contribution in [0.1, 0.15) is 47.0 Å². The number of likely N-dealkylation sites (tertiary alicyclic amines) is 1. The highest BCUT2D eigenvalue weighted by atomic mass is 15.1. The molecule has 0 aromatic heterocycles. The zero-order chi connectivity index (χ0) is 12.2. The molecule has 1 heterocycles. The first-order valence-corrected chi connectivity index (χ1v) is 6.58. The molecule has 92 valence electrons. The van der Waals surface area contributed by atoms with Crippen molar-refractivity contribution in [3.05, 3.63) is 0 Å². The van der Waals surface area contributed by atoms with E-state index in [-0.39, 0.29) is 5.41 Å². The second kappa shape index (κ2) is 5.68. The maximum Gasteiger partial charge on any atom is 0.0683 e. The second-order valence-electron chi connectivity index (χ2n) is 6.17. The first kappa shape index (κ1) is 13.5. The van der Waals surface area contributed by atoms with E-state index in [1.165, 1.54) is 32.5 Å². The maximum atomic E-state index is 8.91. The van der Waals surface area contributed by atoms with Crippen molar-refractivity contribution in [3.63, 3.8) is 0 Å². The molecule has 16 heavy (non-hydrogen) atoms. The molecule has 2 unspecified atom stereocenters. The molecule has 0 spiro atoms. The molecule has 0 aromatic carbocycles. The fraction of sp³-hybridized carbons (Fsp3) is 0.929. The van der Waals surface area contributed by atoms with Crippen LogP contribution in [0.5, 0.6) is 0 Å². The van der Waals surface area contributed by atoms with Crippen molar-refractivity contribution >= 4 is 0 Å². The Morgan fingerprint density at radius 1 is 1.19 bits per heavy atom. The van der Waals surface area contributed by atoms with E-state index in [2.05, 4.69) is 24.8 Å². The van der Waals surface area contributed by atoms with E-state index in [4.69, 9.17) is 5.26 Å². The highest BCUT2D eigenvalue weighted by Gasteiger charge is 2.25. The summed E-state index contributed by atoms with van der Waals surface area (Å²) in [6.07, 6.45) is 3.45. The van der Waals surface area contributed by atoms with E-state index in [1.54, 1.807) is 0 Å². The lowest BCUT2D eigenvalue weighted by Gasteiger charge is -2.18. The normalized spacial score (nSPS) is 26.9. The average Bonchev–Trinajstić information content (AvgIpc) is 2.54. The lowest BCUT2D eigenvalue weighted by Crippen LogP contribution is -2.22. The molecular weight excluding hydrogens is 196 g/mol. The van der Waals surface area contributed by atoms with Crippen molar-refractivity contribution in [1.82, 2.24) is 4.90 Å². The Hall–Kier alpha value is -0.550. The maximum absolute atomic E-state index is 8.91. The van der Waals surface area contributed by atoms with Crippen LogP contribution in [0.4, 0.5) is 0 Å². The Kier molecular flexibility index (Phi) is 4.80. The van der Waals surface area contributed by atoms with Crippen LogP contribution in [0.15, 0.2) is 0 Å². The molecule has 1 aliphatic heterocycles. The highest BCUT2D eigenvalue weighted by Crippen LogP contribution is 2.24. The van der Waals surface area contributed by atoms with E-state index in [9.17, 15) is 0 Å². The van der Waals surface area contributed by atoms with Gasteiger partial charge in [0.15, 0.2) is 0 Å². The molecule has 2 heteroatoms. The van der Waals surface area contributed by atoms with Crippen LogP contribution >= 0.6 is 0 Å². The Morgan fingerprint density at radius 3 is 2.25 bits per heavy atom. The van der Waals surface area contributed by atoms with Crippen molar-refractivity contribution in [2.24, 2.45) is 17.3 Å². The topological polar surface area (TPSA) is 27.0 Å². The van der Waals surface area contributed by atoms with Crippen LogP contribution < -0.4 is 0 Å². The molecule has 1 aliphatic rings. The molecule has 0 amide bonds. The molecule has 1 rings (SSSR count). The SMILES string of the molecule is CC1CN(CCCCC(C)(C)C#N)CC1C. The molecule has 0 aliphatic carbocycles. The van der Waals surface area contributed by atoms with Gasteiger partial charge in [-0.05, 0) is 45.1 Å². The second-order valence-corrected chi connectivity index (χ2v) is 6.17. The third-order valence-electron chi connectivity index (χ3n) is 3.89. The van der Waals surface area contributed by atoms with Gasteiger partial charge in [0.1, 0.15) is 0 Å². The monoisotopic (exact) mass is 222 g/mol. The molecule has 1 fully saturated rings. The summed E-state index contributed by atoms with van der Waals surface area (Å²) in [5.74, 6) is 1.71. The van der Waals surface area contributed by atoms with Crippen molar-refractivity contribution < 1.29 is 0 Å². The molecular formula is C14H26N2. The van der Waals surface area contributed by atoms with Gasteiger partial charge < -0.3 is 4.90 Å². The first-order chi connectivity index (χ1) is 7.44. The minimum Gasteiger partial charge on any atom is -0.303 e. The summed E-state index contributed by atoms with van der Waals surface area (Å²) in [6, 6.07) is 2.37. The van der Waals surface area contributed by atoms with Gasteiger partial charge in [0.05, 0.1) is 11.5 Å². The smallest absolute Gasteiger partial charge is 0.0683 e. The number of unbranched alkanes of at least 4 members (excludes halogenated alkanes) is 1. The predicted octanol–water partition coefficient (Wildman–Crippen LogP) is 3.29. The first-order valence-electron chi connectivity index (χ1n) is 6.58. The Balaban J connectivity index is 2.11. The van der Waals surface area contributed by atoms with E-state index >= 15 is 0 Å². The number of hydrogen-bond acceptors (Lipinski definition) is 2. The fourth-order valence-electron chi connectivity index (χ4n) is 2.39. The third-order valence-corrected chi connectivity index (χ3v) is 3.89. The number of hydrogen-bond donors (Lipinski definition) is 0. The average molecular weight is 222 g/mol. The molecule has 1 saturated heterocycles. The van der Waals surface area contributed by atoms with Gasteiger partial charge in [-0.15, -0.1) is 0 Å². The minimum atomic E-state index is -0.133. The van der Waals surface area contributed by atoms with Crippen molar-refractivity contribution in [2.75, 3.05) is 19.6 Å². The van der Waals surface area contributed by atoms with Gasteiger partial charge in [-0.1, -0.05) is 20.3 Å². The van der Waals surface area contributed by atoms with Crippen molar-refractivity contribution in [3.8, 4) is 6.07 Å². The van der Waals surface area contributed by atoms with Gasteiger partial charge in [0.25, 0.3) is 0 Å². The molecule has 0 saturated carbocycles. The number of nitrogens with zero attached hydrogens (tertiary/aromatic N) is 2. The predicted molar refractivity (Wildman–Crippen MR) is 68.0 cm³/mol. The Labute approximate surface area is 101 Å². The van der Waals surface area contributed by atoms with Crippen LogP contribution in [0.2, 0.25) is 0 Å². The van der Waals surface area contributed by atoms with E-state index in [0.29, 0.717) is 0 Å². The summed E-state index contributed by atoms with van der Waals surface area (Å²) >= 11 is 0. The summed E-state index contributed by atoms with van der Waals surface area (Å²) < 4.78 is 0. The van der Waals surface area contributed by atoms with Gasteiger partial charge in [0, 0.05) is 13.1 Å². The standard InChI is InChI=1S/C14H26N2/c1-12-9-16(10-13(12)2)8-6-5-7-14(3,4)11-15/h12-13H,5-10H2,1-4H3. The Morgan fingerprint density at radius 2 is 1.75 bits per heavy atom. The van der Waals surface area contributed by atoms with Crippen LogP contribution in [-0.2, 0) is 0 Å².